The van der Waals surface area contributed by atoms with Gasteiger partial charge in [0, 0.05) is 31.0 Å². The highest BCUT2D eigenvalue weighted by atomic mass is 32.2. The van der Waals surface area contributed by atoms with E-state index in [2.05, 4.69) is 10.6 Å². The molecule has 0 aliphatic carbocycles. The number of aromatic hydroxyl groups is 1. The molecule has 6 amide bonds. The number of aldehydes is 1. The molecule has 15 heteroatoms. The molecule has 0 aromatic heterocycles. The first-order valence-electron chi connectivity index (χ1n) is 11.5. The summed E-state index contributed by atoms with van der Waals surface area (Å²) in [7, 11) is 0. The minimum atomic E-state index is -1.45. The van der Waals surface area contributed by atoms with Crippen molar-refractivity contribution >= 4 is 53.7 Å². The third-order valence-electron chi connectivity index (χ3n) is 6.33. The van der Waals surface area contributed by atoms with Crippen LogP contribution in [0, 0.1) is 0 Å². The minimum absolute atomic E-state index is 0.0178. The lowest BCUT2D eigenvalue weighted by atomic mass is 10.0. The molecule has 3 aliphatic rings. The molecule has 3 atom stereocenters. The number of nitrogens with zero attached hydrogens (tertiary/aromatic N) is 3. The standard InChI is InChI=1S/C23H23N5O9S/c1-2-26-7-8-27(20(34)19(26)33)23(37)25-14(11-3-5-13(30)6-4-11)17(31)24-15-18(32)28-16(22(35)36)12(9-29)10-38-21(15)28/h3-6,9,14-15,21,30H,2,7-8,10H2,1H3,(H,24,31)(H,25,37)(H,35,36)/t14-,15-,21-/m1/s1. The van der Waals surface area contributed by atoms with Crippen molar-refractivity contribution in [3.63, 3.8) is 0 Å². The molecule has 0 radical (unpaired) electrons. The van der Waals surface area contributed by atoms with Crippen LogP contribution < -0.4 is 10.6 Å². The molecule has 0 spiro atoms. The zero-order valence-electron chi connectivity index (χ0n) is 19.9. The quantitative estimate of drug-likeness (QED) is 0.183. The van der Waals surface area contributed by atoms with Crippen molar-refractivity contribution in [2.75, 3.05) is 25.4 Å². The van der Waals surface area contributed by atoms with Gasteiger partial charge in [0.1, 0.15) is 35.2 Å². The van der Waals surface area contributed by atoms with E-state index in [-0.39, 0.29) is 42.3 Å². The van der Waals surface area contributed by atoms with E-state index in [0.717, 1.165) is 16.7 Å². The lowest BCUT2D eigenvalue weighted by Gasteiger charge is -2.49. The number of piperazine rings is 1. The maximum absolute atomic E-state index is 13.3. The van der Waals surface area contributed by atoms with Crippen molar-refractivity contribution in [3.05, 3.63) is 41.1 Å². The number of carboxylic acids is 1. The summed E-state index contributed by atoms with van der Waals surface area (Å²) >= 11 is 1.09. The van der Waals surface area contributed by atoms with E-state index in [1.54, 1.807) is 6.92 Å². The van der Waals surface area contributed by atoms with Crippen LogP contribution in [0.4, 0.5) is 4.79 Å². The second kappa shape index (κ2) is 10.5. The molecule has 0 bridgehead atoms. The fourth-order valence-corrected chi connectivity index (χ4v) is 5.60. The zero-order valence-corrected chi connectivity index (χ0v) is 20.8. The SMILES string of the molecule is CCN1CCN(C(=O)N[C@@H](C(=O)N[C@@H]2C(=O)N3C(C(=O)O)=C(C=O)CS[C@H]23)c2ccc(O)cc2)C(=O)C1=O. The zero-order chi connectivity index (χ0) is 27.7. The van der Waals surface area contributed by atoms with Crippen molar-refractivity contribution < 1.29 is 43.8 Å². The Balaban J connectivity index is 1.54. The Bertz CT molecular complexity index is 1260. The van der Waals surface area contributed by atoms with Gasteiger partial charge < -0.3 is 25.7 Å². The molecule has 38 heavy (non-hydrogen) atoms. The Kier molecular flexibility index (Phi) is 7.39. The third kappa shape index (κ3) is 4.67. The van der Waals surface area contributed by atoms with E-state index in [4.69, 9.17) is 0 Å². The number of rotatable bonds is 7. The first kappa shape index (κ1) is 26.7. The highest BCUT2D eigenvalue weighted by Crippen LogP contribution is 2.40. The molecule has 4 N–H and O–H groups in total. The number of hydrogen-bond acceptors (Lipinski definition) is 9. The van der Waals surface area contributed by atoms with E-state index in [1.807, 2.05) is 0 Å². The minimum Gasteiger partial charge on any atom is -0.508 e. The summed E-state index contributed by atoms with van der Waals surface area (Å²) in [5.41, 5.74) is -0.306. The number of thioether (sulfide) groups is 1. The molecular weight excluding hydrogens is 522 g/mol. The number of carbonyl (C=O) groups is 7. The predicted octanol–water partition coefficient (Wildman–Crippen LogP) is -1.23. The topological polar surface area (TPSA) is 194 Å². The summed E-state index contributed by atoms with van der Waals surface area (Å²) in [6.07, 6.45) is 0.370. The number of imide groups is 1. The number of β-lactam (4-membered cyclic amide) rings is 1. The molecule has 0 unspecified atom stereocenters. The molecule has 3 heterocycles. The van der Waals surface area contributed by atoms with E-state index in [1.165, 1.54) is 29.2 Å². The lowest BCUT2D eigenvalue weighted by Crippen LogP contribution is -2.71. The van der Waals surface area contributed by atoms with Gasteiger partial charge in [0.05, 0.1) is 0 Å². The number of aliphatic carboxylic acids is 1. The average molecular weight is 546 g/mol. The van der Waals surface area contributed by atoms with Crippen molar-refractivity contribution in [1.29, 1.82) is 0 Å². The van der Waals surface area contributed by atoms with Gasteiger partial charge in [0.15, 0.2) is 0 Å². The summed E-state index contributed by atoms with van der Waals surface area (Å²) in [5, 5.41) is 23.2. The van der Waals surface area contributed by atoms with Gasteiger partial charge in [0.2, 0.25) is 5.91 Å². The molecule has 1 aromatic rings. The second-order valence-electron chi connectivity index (χ2n) is 8.51. The van der Waals surface area contributed by atoms with Crippen LogP contribution in [0.2, 0.25) is 0 Å². The Labute approximate surface area is 219 Å². The lowest BCUT2D eigenvalue weighted by molar-refractivity contribution is -0.153. The summed E-state index contributed by atoms with van der Waals surface area (Å²) < 4.78 is 0. The number of likely N-dealkylation sites (N-methyl/N-ethyl adjacent to an activating group) is 1. The smallest absolute Gasteiger partial charge is 0.353 e. The van der Waals surface area contributed by atoms with Crippen LogP contribution in [-0.2, 0) is 28.8 Å². The highest BCUT2D eigenvalue weighted by Gasteiger charge is 2.54. The van der Waals surface area contributed by atoms with Crippen LogP contribution in [0.3, 0.4) is 0 Å². The van der Waals surface area contributed by atoms with Gasteiger partial charge in [-0.15, -0.1) is 11.8 Å². The normalized spacial score (nSPS) is 21.9. The van der Waals surface area contributed by atoms with Crippen LogP contribution in [-0.4, -0.2) is 104 Å². The summed E-state index contributed by atoms with van der Waals surface area (Å²) in [6, 6.07) is 1.66. The van der Waals surface area contributed by atoms with E-state index in [9.17, 15) is 43.8 Å². The number of hydrogen-bond donors (Lipinski definition) is 4. The number of carboxylic acid groups (broad SMARTS) is 1. The monoisotopic (exact) mass is 545 g/mol. The third-order valence-corrected chi connectivity index (χ3v) is 7.63. The average Bonchev–Trinajstić information content (AvgIpc) is 2.91. The van der Waals surface area contributed by atoms with Gasteiger partial charge in [-0.2, -0.15) is 0 Å². The van der Waals surface area contributed by atoms with E-state index < -0.39 is 58.8 Å². The largest absolute Gasteiger partial charge is 0.508 e. The van der Waals surface area contributed by atoms with Crippen LogP contribution in [0.25, 0.3) is 0 Å². The van der Waals surface area contributed by atoms with Gasteiger partial charge in [-0.1, -0.05) is 12.1 Å². The molecule has 1 aromatic carbocycles. The number of carbonyl (C=O) groups excluding carboxylic acids is 6. The van der Waals surface area contributed by atoms with Crippen LogP contribution in [0.5, 0.6) is 5.75 Å². The fourth-order valence-electron chi connectivity index (χ4n) is 4.31. The van der Waals surface area contributed by atoms with Gasteiger partial charge in [-0.05, 0) is 24.6 Å². The number of amides is 6. The Hall–Kier alpha value is -4.40. The number of urea groups is 1. The van der Waals surface area contributed by atoms with Crippen LogP contribution >= 0.6 is 11.8 Å². The highest BCUT2D eigenvalue weighted by molar-refractivity contribution is 8.00. The molecule has 3 aliphatic heterocycles. The number of phenolic OH excluding ortho intramolecular Hbond substituents is 1. The summed E-state index contributed by atoms with van der Waals surface area (Å²) in [5.74, 6) is -5.06. The number of nitrogens with one attached hydrogen (secondary N) is 2. The van der Waals surface area contributed by atoms with E-state index >= 15 is 0 Å². The first-order chi connectivity index (χ1) is 18.1. The maximum atomic E-state index is 13.3. The molecule has 2 saturated heterocycles. The van der Waals surface area contributed by atoms with Gasteiger partial charge in [-0.25, -0.2) is 9.59 Å². The Morgan fingerprint density at radius 2 is 1.82 bits per heavy atom. The van der Waals surface area contributed by atoms with Crippen molar-refractivity contribution in [2.45, 2.75) is 24.4 Å². The molecule has 14 nitrogen and oxygen atoms in total. The number of fused-ring (bicyclic) bond motifs is 1. The molecule has 4 rings (SSSR count). The number of benzene rings is 1. The van der Waals surface area contributed by atoms with Crippen molar-refractivity contribution in [2.24, 2.45) is 0 Å². The summed E-state index contributed by atoms with van der Waals surface area (Å²) in [6.45, 7) is 2.01. The van der Waals surface area contributed by atoms with Gasteiger partial charge >= 0.3 is 23.8 Å². The molecule has 200 valence electrons. The Morgan fingerprint density at radius 3 is 2.42 bits per heavy atom. The first-order valence-corrected chi connectivity index (χ1v) is 12.5. The predicted molar refractivity (Wildman–Crippen MR) is 129 cm³/mol. The Morgan fingerprint density at radius 1 is 1.13 bits per heavy atom. The van der Waals surface area contributed by atoms with Crippen molar-refractivity contribution in [1.82, 2.24) is 25.3 Å². The maximum Gasteiger partial charge on any atom is 0.353 e. The molecule has 2 fully saturated rings. The second-order valence-corrected chi connectivity index (χ2v) is 9.61. The molecule has 0 saturated carbocycles. The van der Waals surface area contributed by atoms with E-state index in [0.29, 0.717) is 11.2 Å². The number of phenols is 1. The molecular formula is C23H23N5O9S. The fraction of sp³-hybridized carbons (Fsp3) is 0.348. The van der Waals surface area contributed by atoms with Gasteiger partial charge in [-0.3, -0.25) is 33.8 Å². The van der Waals surface area contributed by atoms with Crippen molar-refractivity contribution in [3.8, 4) is 5.75 Å². The van der Waals surface area contributed by atoms with Crippen LogP contribution in [0.15, 0.2) is 35.5 Å². The summed E-state index contributed by atoms with van der Waals surface area (Å²) in [4.78, 5) is 89.5. The van der Waals surface area contributed by atoms with Crippen LogP contribution in [0.1, 0.15) is 18.5 Å². The van der Waals surface area contributed by atoms with Gasteiger partial charge in [0.25, 0.3) is 5.91 Å².